The zero-order valence-corrected chi connectivity index (χ0v) is 20.8. The van der Waals surface area contributed by atoms with E-state index in [1.54, 1.807) is 36.9 Å². The Labute approximate surface area is 206 Å². The topological polar surface area (TPSA) is 100 Å². The number of benzene rings is 1. The molecular weight excluding hydrogens is 481 g/mol. The van der Waals surface area contributed by atoms with Gasteiger partial charge in [0.05, 0.1) is 29.6 Å². The van der Waals surface area contributed by atoms with Gasteiger partial charge < -0.3 is 14.6 Å². The van der Waals surface area contributed by atoms with Crippen molar-refractivity contribution < 1.29 is 9.53 Å². The quantitative estimate of drug-likeness (QED) is 0.514. The highest BCUT2D eigenvalue weighted by Crippen LogP contribution is 2.30. The molecule has 34 heavy (non-hydrogen) atoms. The van der Waals surface area contributed by atoms with Crippen LogP contribution in [-0.2, 0) is 30.2 Å². The second-order valence-corrected chi connectivity index (χ2v) is 9.60. The van der Waals surface area contributed by atoms with E-state index in [-0.39, 0.29) is 24.3 Å². The predicted octanol–water partition coefficient (Wildman–Crippen LogP) is 3.18. The monoisotopic (exact) mass is 507 g/mol. The predicted molar refractivity (Wildman–Crippen MR) is 132 cm³/mol. The number of nitrogens with one attached hydrogen (secondary N) is 1. The van der Waals surface area contributed by atoms with Crippen molar-refractivity contribution in [3.05, 3.63) is 54.6 Å². The van der Waals surface area contributed by atoms with Crippen molar-refractivity contribution >= 4 is 46.3 Å². The van der Waals surface area contributed by atoms with Crippen molar-refractivity contribution in [2.75, 3.05) is 19.0 Å². The van der Waals surface area contributed by atoms with Gasteiger partial charge in [-0.2, -0.15) is 4.98 Å². The Morgan fingerprint density at radius 3 is 2.65 bits per heavy atom. The number of esters is 1. The number of nitrogens with zero attached hydrogens (tertiary/aromatic N) is 4. The van der Waals surface area contributed by atoms with Crippen LogP contribution in [0, 0.1) is 11.8 Å². The molecule has 0 saturated heterocycles. The average molecular weight is 508 g/mol. The van der Waals surface area contributed by atoms with E-state index in [1.807, 2.05) is 0 Å². The Bertz CT molecular complexity index is 1360. The lowest BCUT2D eigenvalue weighted by Gasteiger charge is -2.27. The molecule has 0 aliphatic heterocycles. The summed E-state index contributed by atoms with van der Waals surface area (Å²) in [5.41, 5.74) is 0.408. The van der Waals surface area contributed by atoms with Crippen LogP contribution in [-0.4, -0.2) is 38.3 Å². The van der Waals surface area contributed by atoms with Crippen molar-refractivity contribution in [2.24, 2.45) is 25.9 Å². The molecule has 2 atom stereocenters. The van der Waals surface area contributed by atoms with E-state index < -0.39 is 11.2 Å². The van der Waals surface area contributed by atoms with Gasteiger partial charge in [0.1, 0.15) is 0 Å². The molecule has 2 heterocycles. The fourth-order valence-corrected chi connectivity index (χ4v) is 4.98. The maximum atomic E-state index is 13.3. The number of anilines is 1. The molecule has 1 aliphatic rings. The third-order valence-electron chi connectivity index (χ3n) is 6.55. The summed E-state index contributed by atoms with van der Waals surface area (Å²) in [6.07, 6.45) is 3.55. The Morgan fingerprint density at radius 1 is 1.18 bits per heavy atom. The second kappa shape index (κ2) is 9.84. The summed E-state index contributed by atoms with van der Waals surface area (Å²) in [4.78, 5) is 42.7. The average Bonchev–Trinajstić information content (AvgIpc) is 3.17. The molecule has 182 valence electrons. The molecule has 11 heteroatoms. The minimum atomic E-state index is -0.471. The van der Waals surface area contributed by atoms with Crippen LogP contribution in [0.3, 0.4) is 0 Å². The Kier molecular flexibility index (Phi) is 7.04. The lowest BCUT2D eigenvalue weighted by Crippen LogP contribution is -2.39. The molecule has 0 bridgehead atoms. The molecule has 1 N–H and O–H groups in total. The van der Waals surface area contributed by atoms with E-state index in [4.69, 9.17) is 27.9 Å². The summed E-state index contributed by atoms with van der Waals surface area (Å²) >= 11 is 12.1. The van der Waals surface area contributed by atoms with Crippen molar-refractivity contribution in [2.45, 2.75) is 32.2 Å². The number of ether oxygens (including phenoxy) is 1. The van der Waals surface area contributed by atoms with Crippen LogP contribution in [0.2, 0.25) is 10.0 Å². The van der Waals surface area contributed by atoms with Gasteiger partial charge in [-0.25, -0.2) is 4.79 Å². The molecule has 9 nitrogen and oxygen atoms in total. The number of imidazole rings is 1. The van der Waals surface area contributed by atoms with E-state index in [0.29, 0.717) is 39.3 Å². The number of hydrogen-bond acceptors (Lipinski definition) is 6. The maximum Gasteiger partial charge on any atom is 0.332 e. The van der Waals surface area contributed by atoms with Gasteiger partial charge in [-0.1, -0.05) is 35.7 Å². The molecule has 1 saturated carbocycles. The molecule has 1 unspecified atom stereocenters. The maximum absolute atomic E-state index is 13.3. The molecule has 3 aromatic rings. The summed E-state index contributed by atoms with van der Waals surface area (Å²) in [5, 5.41) is 4.07. The van der Waals surface area contributed by atoms with Crippen LogP contribution < -0.4 is 16.6 Å². The minimum Gasteiger partial charge on any atom is -0.469 e. The van der Waals surface area contributed by atoms with Crippen molar-refractivity contribution in [1.82, 2.24) is 18.7 Å². The van der Waals surface area contributed by atoms with Gasteiger partial charge in [-0.3, -0.25) is 18.7 Å². The molecule has 0 amide bonds. The van der Waals surface area contributed by atoms with Crippen LogP contribution in [0.15, 0.2) is 27.8 Å². The number of rotatable bonds is 6. The van der Waals surface area contributed by atoms with Crippen LogP contribution in [0.1, 0.15) is 31.2 Å². The van der Waals surface area contributed by atoms with Crippen LogP contribution in [0.5, 0.6) is 0 Å². The standard InChI is InChI=1S/C23H27Cl2N5O4/c1-28-18-19(27-22(28)26-11-13-5-4-6-15(9-13)21(32)34-3)29(2)23(33)30(20(18)31)12-14-7-8-16(24)17(25)10-14/h7-8,10,13,15H,4-6,9,11-12H2,1-3H3,(H,26,27)/t13?,15-/m1/s1. The fraction of sp³-hybridized carbons (Fsp3) is 0.478. The number of halogens is 2. The van der Waals surface area contributed by atoms with Gasteiger partial charge >= 0.3 is 11.7 Å². The number of aromatic nitrogens is 4. The summed E-state index contributed by atoms with van der Waals surface area (Å²) in [6.45, 7) is 0.666. The van der Waals surface area contributed by atoms with Crippen molar-refractivity contribution in [1.29, 1.82) is 0 Å². The Morgan fingerprint density at radius 2 is 1.94 bits per heavy atom. The molecule has 4 rings (SSSR count). The zero-order valence-electron chi connectivity index (χ0n) is 19.3. The number of hydrogen-bond donors (Lipinski definition) is 1. The molecule has 1 aromatic carbocycles. The fourth-order valence-electron chi connectivity index (χ4n) is 4.65. The van der Waals surface area contributed by atoms with Gasteiger partial charge in [-0.15, -0.1) is 0 Å². The molecule has 1 aliphatic carbocycles. The second-order valence-electron chi connectivity index (χ2n) is 8.78. The summed E-state index contributed by atoms with van der Waals surface area (Å²) in [6, 6.07) is 5.00. The molecular formula is C23H27Cl2N5O4. The highest BCUT2D eigenvalue weighted by molar-refractivity contribution is 6.42. The van der Waals surface area contributed by atoms with Gasteiger partial charge in [0.15, 0.2) is 11.2 Å². The van der Waals surface area contributed by atoms with E-state index in [2.05, 4.69) is 10.3 Å². The first-order chi connectivity index (χ1) is 16.2. The van der Waals surface area contributed by atoms with Gasteiger partial charge in [-0.05, 0) is 42.9 Å². The number of methoxy groups -OCH3 is 1. The van der Waals surface area contributed by atoms with E-state index in [1.165, 1.54) is 11.7 Å². The van der Waals surface area contributed by atoms with Crippen molar-refractivity contribution in [3.63, 3.8) is 0 Å². The largest absolute Gasteiger partial charge is 0.469 e. The molecule has 2 aromatic heterocycles. The summed E-state index contributed by atoms with van der Waals surface area (Å²) in [7, 11) is 4.75. The lowest BCUT2D eigenvalue weighted by atomic mass is 9.81. The Hall–Kier alpha value is -2.78. The smallest absolute Gasteiger partial charge is 0.332 e. The summed E-state index contributed by atoms with van der Waals surface area (Å²) < 4.78 is 9.10. The van der Waals surface area contributed by atoms with Gasteiger partial charge in [0.2, 0.25) is 5.95 Å². The van der Waals surface area contributed by atoms with E-state index in [0.717, 1.165) is 30.3 Å². The molecule has 0 radical (unpaired) electrons. The Balaban J connectivity index is 1.61. The first-order valence-corrected chi connectivity index (χ1v) is 11.9. The SMILES string of the molecule is COC(=O)[C@@H]1CCCC(CNc2nc3c(c(=O)n(Cc4ccc(Cl)c(Cl)c4)c(=O)n3C)n2C)C1. The van der Waals surface area contributed by atoms with E-state index in [9.17, 15) is 14.4 Å². The van der Waals surface area contributed by atoms with Crippen LogP contribution in [0.4, 0.5) is 5.95 Å². The third-order valence-corrected chi connectivity index (χ3v) is 7.29. The van der Waals surface area contributed by atoms with Crippen LogP contribution in [0.25, 0.3) is 11.2 Å². The number of carbonyl (C=O) groups is 1. The minimum absolute atomic E-state index is 0.0588. The lowest BCUT2D eigenvalue weighted by molar-refractivity contribution is -0.147. The summed E-state index contributed by atoms with van der Waals surface area (Å²) in [5.74, 6) is 0.535. The normalized spacial score (nSPS) is 18.3. The van der Waals surface area contributed by atoms with E-state index >= 15 is 0 Å². The molecule has 0 spiro atoms. The zero-order chi connectivity index (χ0) is 24.6. The van der Waals surface area contributed by atoms with Crippen molar-refractivity contribution in [3.8, 4) is 0 Å². The number of fused-ring (bicyclic) bond motifs is 1. The van der Waals surface area contributed by atoms with Gasteiger partial charge in [0.25, 0.3) is 5.56 Å². The number of aryl methyl sites for hydroxylation is 2. The highest BCUT2D eigenvalue weighted by Gasteiger charge is 2.28. The first-order valence-electron chi connectivity index (χ1n) is 11.1. The first kappa shape index (κ1) is 24.3. The van der Waals surface area contributed by atoms with Gasteiger partial charge in [0, 0.05) is 20.6 Å². The van der Waals surface area contributed by atoms with Crippen LogP contribution >= 0.6 is 23.2 Å². The number of carbonyl (C=O) groups excluding carboxylic acids is 1. The molecule has 1 fully saturated rings. The highest BCUT2D eigenvalue weighted by atomic mass is 35.5. The third kappa shape index (κ3) is 4.59.